The van der Waals surface area contributed by atoms with Gasteiger partial charge in [-0.1, -0.05) is 6.08 Å². The van der Waals surface area contributed by atoms with E-state index in [0.717, 1.165) is 50.0 Å². The summed E-state index contributed by atoms with van der Waals surface area (Å²) in [5.74, 6) is -0.521. The van der Waals surface area contributed by atoms with Crippen molar-refractivity contribution < 1.29 is 14.6 Å². The molecule has 0 spiro atoms. The van der Waals surface area contributed by atoms with Crippen LogP contribution in [0.4, 0.5) is 0 Å². The van der Waals surface area contributed by atoms with E-state index in [1.54, 1.807) is 20.0 Å². The van der Waals surface area contributed by atoms with Crippen LogP contribution in [0, 0.1) is 0 Å². The van der Waals surface area contributed by atoms with Crippen LogP contribution in [0.2, 0.25) is 0 Å². The van der Waals surface area contributed by atoms with E-state index in [4.69, 9.17) is 4.74 Å². The molecule has 2 saturated heterocycles. The summed E-state index contributed by atoms with van der Waals surface area (Å²) in [7, 11) is 0. The van der Waals surface area contributed by atoms with Crippen molar-refractivity contribution in [2.24, 2.45) is 0 Å². The second-order valence-corrected chi connectivity index (χ2v) is 8.77. The molecule has 4 rings (SSSR count). The number of H-pyrrole nitrogens is 1. The van der Waals surface area contributed by atoms with E-state index in [1.807, 2.05) is 24.5 Å². The smallest absolute Gasteiger partial charge is 0.222 e. The second kappa shape index (κ2) is 7.93. The molecule has 8 nitrogen and oxygen atoms in total. The van der Waals surface area contributed by atoms with Crippen LogP contribution in [0.25, 0.3) is 5.57 Å². The lowest BCUT2D eigenvalue weighted by molar-refractivity contribution is -0.177. The number of aromatic amines is 1. The molecule has 0 saturated carbocycles. The first-order valence-corrected chi connectivity index (χ1v) is 10.4. The molecule has 1 atom stereocenters. The molecule has 2 fully saturated rings. The zero-order valence-electron chi connectivity index (χ0n) is 17.2. The Hall–Kier alpha value is -2.16. The number of carbonyl (C=O) groups is 1. The SMILES string of the molecule is CC(C)(O)COC1(N2CCC(N3CCCC3=O)CC2)C=CC(c2cn[nH]c2)=CN1. The summed E-state index contributed by atoms with van der Waals surface area (Å²) < 4.78 is 6.25. The Kier molecular flexibility index (Phi) is 5.50. The zero-order valence-corrected chi connectivity index (χ0v) is 17.2. The van der Waals surface area contributed by atoms with Crippen LogP contribution in [0.5, 0.6) is 0 Å². The summed E-state index contributed by atoms with van der Waals surface area (Å²) in [6.07, 6.45) is 13.1. The van der Waals surface area contributed by atoms with Crippen LogP contribution in [0.15, 0.2) is 30.7 Å². The third kappa shape index (κ3) is 4.39. The Morgan fingerprint density at radius 2 is 2.14 bits per heavy atom. The molecule has 1 aromatic rings. The van der Waals surface area contributed by atoms with Crippen molar-refractivity contribution >= 4 is 11.5 Å². The van der Waals surface area contributed by atoms with Gasteiger partial charge >= 0.3 is 0 Å². The number of aliphatic hydroxyl groups is 1. The summed E-state index contributed by atoms with van der Waals surface area (Å²) in [5, 5.41) is 20.5. The van der Waals surface area contributed by atoms with Gasteiger partial charge in [-0.05, 0) is 39.2 Å². The van der Waals surface area contributed by atoms with Gasteiger partial charge in [0.25, 0.3) is 0 Å². The van der Waals surface area contributed by atoms with Gasteiger partial charge in [0.2, 0.25) is 11.8 Å². The number of dihydropyridines is 1. The number of hydrogen-bond donors (Lipinski definition) is 3. The van der Waals surface area contributed by atoms with Gasteiger partial charge in [-0.3, -0.25) is 14.8 Å². The fourth-order valence-electron chi connectivity index (χ4n) is 4.30. The minimum Gasteiger partial charge on any atom is -0.388 e. The predicted octanol–water partition coefficient (Wildman–Crippen LogP) is 1.44. The van der Waals surface area contributed by atoms with E-state index >= 15 is 0 Å². The Morgan fingerprint density at radius 3 is 2.69 bits per heavy atom. The van der Waals surface area contributed by atoms with Gasteiger partial charge in [0.05, 0.1) is 18.4 Å². The summed E-state index contributed by atoms with van der Waals surface area (Å²) >= 11 is 0. The monoisotopic (exact) mass is 401 g/mol. The van der Waals surface area contributed by atoms with Gasteiger partial charge in [-0.2, -0.15) is 5.10 Å². The molecule has 4 heterocycles. The molecule has 29 heavy (non-hydrogen) atoms. The number of amides is 1. The molecule has 1 aromatic heterocycles. The number of aromatic nitrogens is 2. The molecule has 0 aliphatic carbocycles. The van der Waals surface area contributed by atoms with Gasteiger partial charge < -0.3 is 20.1 Å². The first kappa shape index (κ1) is 20.1. The van der Waals surface area contributed by atoms with Gasteiger partial charge in [0.15, 0.2) is 0 Å². The molecule has 0 bridgehead atoms. The highest BCUT2D eigenvalue weighted by molar-refractivity contribution is 5.78. The number of allylic oxidation sites excluding steroid dienone is 2. The van der Waals surface area contributed by atoms with Gasteiger partial charge in [-0.15, -0.1) is 0 Å². The maximum absolute atomic E-state index is 12.1. The number of nitrogens with zero attached hydrogens (tertiary/aromatic N) is 3. The second-order valence-electron chi connectivity index (χ2n) is 8.77. The summed E-state index contributed by atoms with van der Waals surface area (Å²) in [5.41, 5.74) is 1.08. The number of piperidine rings is 1. The van der Waals surface area contributed by atoms with Crippen molar-refractivity contribution in [1.29, 1.82) is 0 Å². The summed E-state index contributed by atoms with van der Waals surface area (Å²) in [4.78, 5) is 16.4. The van der Waals surface area contributed by atoms with Crippen LogP contribution in [-0.4, -0.2) is 74.7 Å². The number of ether oxygens (including phenoxy) is 1. The van der Waals surface area contributed by atoms with Crippen molar-refractivity contribution in [1.82, 2.24) is 25.3 Å². The maximum atomic E-state index is 12.1. The van der Waals surface area contributed by atoms with E-state index in [-0.39, 0.29) is 6.61 Å². The van der Waals surface area contributed by atoms with Crippen LogP contribution in [0.1, 0.15) is 45.1 Å². The quantitative estimate of drug-likeness (QED) is 0.668. The first-order chi connectivity index (χ1) is 13.9. The largest absolute Gasteiger partial charge is 0.388 e. The number of hydrogen-bond acceptors (Lipinski definition) is 6. The van der Waals surface area contributed by atoms with Gasteiger partial charge in [-0.25, -0.2) is 0 Å². The van der Waals surface area contributed by atoms with Gasteiger partial charge in [0.1, 0.15) is 0 Å². The lowest BCUT2D eigenvalue weighted by Crippen LogP contribution is -2.62. The van der Waals surface area contributed by atoms with Crippen molar-refractivity contribution in [2.75, 3.05) is 26.2 Å². The molecule has 3 aliphatic rings. The predicted molar refractivity (Wildman–Crippen MR) is 109 cm³/mol. The average Bonchev–Trinajstić information content (AvgIpc) is 3.38. The Labute approximate surface area is 171 Å². The van der Waals surface area contributed by atoms with Crippen LogP contribution in [0.3, 0.4) is 0 Å². The van der Waals surface area contributed by atoms with Crippen LogP contribution in [-0.2, 0) is 9.53 Å². The third-order valence-corrected chi connectivity index (χ3v) is 5.89. The summed E-state index contributed by atoms with van der Waals surface area (Å²) in [6.45, 7) is 6.19. The molecule has 1 unspecified atom stereocenters. The standard InChI is InChI=1S/C21H31N5O3/c1-20(2,28)15-29-21(8-5-16(12-22-21)17-13-23-24-14-17)25-10-6-18(7-11-25)26-9-3-4-19(26)27/h5,8,12-14,18,22,28H,3-4,6-7,9-11,15H2,1-2H3,(H,23,24). The lowest BCUT2D eigenvalue weighted by Gasteiger charge is -2.47. The number of carbonyl (C=O) groups excluding carboxylic acids is 1. The van der Waals surface area contributed by atoms with E-state index in [1.165, 1.54) is 0 Å². The topological polar surface area (TPSA) is 93.7 Å². The number of likely N-dealkylation sites (tertiary alicyclic amines) is 2. The third-order valence-electron chi connectivity index (χ3n) is 5.89. The Balaban J connectivity index is 1.47. The normalized spacial score (nSPS) is 26.7. The molecule has 1 amide bonds. The van der Waals surface area contributed by atoms with E-state index in [9.17, 15) is 9.90 Å². The highest BCUT2D eigenvalue weighted by Gasteiger charge is 2.41. The van der Waals surface area contributed by atoms with Crippen LogP contribution >= 0.6 is 0 Å². The van der Waals surface area contributed by atoms with Crippen molar-refractivity contribution in [3.8, 4) is 0 Å². The molecule has 0 aromatic carbocycles. The average molecular weight is 402 g/mol. The fraction of sp³-hybridized carbons (Fsp3) is 0.619. The van der Waals surface area contributed by atoms with E-state index < -0.39 is 11.4 Å². The van der Waals surface area contributed by atoms with Crippen molar-refractivity contribution in [2.45, 2.75) is 57.0 Å². The minimum atomic E-state index is -0.933. The highest BCUT2D eigenvalue weighted by Crippen LogP contribution is 2.30. The molecule has 158 valence electrons. The number of rotatable bonds is 6. The minimum absolute atomic E-state index is 0.198. The van der Waals surface area contributed by atoms with Crippen molar-refractivity contribution in [3.63, 3.8) is 0 Å². The van der Waals surface area contributed by atoms with E-state index in [0.29, 0.717) is 18.4 Å². The highest BCUT2D eigenvalue weighted by atomic mass is 16.5. The molecular formula is C21H31N5O3. The molecule has 0 radical (unpaired) electrons. The van der Waals surface area contributed by atoms with Crippen LogP contribution < -0.4 is 5.32 Å². The van der Waals surface area contributed by atoms with E-state index in [2.05, 4.69) is 25.3 Å². The first-order valence-electron chi connectivity index (χ1n) is 10.4. The summed E-state index contributed by atoms with van der Waals surface area (Å²) in [6, 6.07) is 0.317. The fourth-order valence-corrected chi connectivity index (χ4v) is 4.30. The molecular weight excluding hydrogens is 370 g/mol. The molecule has 3 aliphatic heterocycles. The molecule has 3 N–H and O–H groups in total. The maximum Gasteiger partial charge on any atom is 0.222 e. The van der Waals surface area contributed by atoms with Gasteiger partial charge in [0, 0.05) is 55.6 Å². The zero-order chi connectivity index (χ0) is 20.5. The Morgan fingerprint density at radius 1 is 1.34 bits per heavy atom. The molecule has 8 heteroatoms. The Bertz CT molecular complexity index is 775. The lowest BCUT2D eigenvalue weighted by atomic mass is 10.0. The number of nitrogens with one attached hydrogen (secondary N) is 2. The van der Waals surface area contributed by atoms with Crippen molar-refractivity contribution in [3.05, 3.63) is 36.3 Å².